The number of halogens is 4. The Morgan fingerprint density at radius 3 is 1.62 bits per heavy atom. The topological polar surface area (TPSA) is 46.5 Å². The summed E-state index contributed by atoms with van der Waals surface area (Å²) in [6.07, 6.45) is -3.01. The molecule has 0 aliphatic carbocycles. The average molecular weight is 370 g/mol. The van der Waals surface area contributed by atoms with Gasteiger partial charge in [0.15, 0.2) is 0 Å². The fourth-order valence-electron chi connectivity index (χ4n) is 0. The van der Waals surface area contributed by atoms with E-state index in [-0.39, 0.29) is 28.3 Å². The minimum atomic E-state index is -2.12. The van der Waals surface area contributed by atoms with Gasteiger partial charge < -0.3 is 3.94 Å². The van der Waals surface area contributed by atoms with Crippen LogP contribution in [0.3, 0.4) is 0 Å². The SMILES string of the molecule is CC=C(F)F.CCC(F)F.O[O][Al].[HH].[O]=[Al].[Pd]. The van der Waals surface area contributed by atoms with Crippen molar-refractivity contribution in [2.24, 2.45) is 0 Å². The summed E-state index contributed by atoms with van der Waals surface area (Å²) >= 11 is 2.80. The molecule has 16 heavy (non-hydrogen) atoms. The molecule has 0 spiro atoms. The Morgan fingerprint density at radius 1 is 1.50 bits per heavy atom. The molecule has 0 rings (SSSR count). The summed E-state index contributed by atoms with van der Waals surface area (Å²) in [5, 5.41) is 7.03. The molecule has 0 saturated carbocycles. The van der Waals surface area contributed by atoms with Crippen LogP contribution in [0.1, 0.15) is 21.7 Å². The number of hydrogen-bond acceptors (Lipinski definition) is 3. The minimum Gasteiger partial charge on any atom is 0 e. The van der Waals surface area contributed by atoms with E-state index in [0.717, 1.165) is 6.08 Å². The van der Waals surface area contributed by atoms with Crippen molar-refractivity contribution < 1.29 is 52.4 Å². The van der Waals surface area contributed by atoms with Crippen LogP contribution in [0.25, 0.3) is 0 Å². The molecule has 0 atom stereocenters. The first kappa shape index (κ1) is 30.2. The van der Waals surface area contributed by atoms with Crippen molar-refractivity contribution in [2.75, 3.05) is 0 Å². The summed E-state index contributed by atoms with van der Waals surface area (Å²) in [4.78, 5) is 0. The Kier molecular flexibility index (Phi) is 67.9. The smallest absolute Gasteiger partial charge is 0 e. The van der Waals surface area contributed by atoms with E-state index >= 15 is 0 Å². The van der Waals surface area contributed by atoms with Crippen molar-refractivity contribution in [1.82, 2.24) is 0 Å². The molecule has 99 valence electrons. The van der Waals surface area contributed by atoms with E-state index in [1.165, 1.54) is 30.1 Å². The molecule has 0 saturated heterocycles. The molecule has 0 aliphatic rings. The van der Waals surface area contributed by atoms with Gasteiger partial charge in [-0.25, -0.2) is 8.78 Å². The van der Waals surface area contributed by atoms with Crippen LogP contribution in [-0.4, -0.2) is 44.5 Å². The Hall–Kier alpha value is 0.907. The van der Waals surface area contributed by atoms with Crippen LogP contribution in [0.2, 0.25) is 0 Å². The molecule has 0 aromatic carbocycles. The second-order valence-corrected chi connectivity index (χ2v) is 1.69. The molecule has 3 nitrogen and oxygen atoms in total. The molecule has 0 aromatic heterocycles. The maximum absolute atomic E-state index is 10.8. The molecular weight excluding hydrogens is 356 g/mol. The molecule has 0 unspecified atom stereocenters. The zero-order valence-electron chi connectivity index (χ0n) is 8.61. The number of hydrogen-bond donors (Lipinski definition) is 1. The molecule has 0 amide bonds. The second-order valence-electron chi connectivity index (χ2n) is 1.48. The van der Waals surface area contributed by atoms with E-state index in [4.69, 9.17) is 9.06 Å². The molecular formula is C6H13Al2F4O3Pd. The molecule has 1 N–H and O–H groups in total. The van der Waals surface area contributed by atoms with Crippen molar-refractivity contribution in [3.8, 4) is 0 Å². The van der Waals surface area contributed by atoms with Gasteiger partial charge in [0.25, 0.3) is 6.08 Å². The first-order valence-corrected chi connectivity index (χ1v) is 4.39. The van der Waals surface area contributed by atoms with Crippen LogP contribution in [0.5, 0.6) is 0 Å². The van der Waals surface area contributed by atoms with Crippen LogP contribution in [0.4, 0.5) is 17.6 Å². The molecule has 0 aromatic rings. The van der Waals surface area contributed by atoms with Crippen molar-refractivity contribution in [3.05, 3.63) is 12.2 Å². The second kappa shape index (κ2) is 36.0. The Bertz CT molecular complexity index is 134. The van der Waals surface area contributed by atoms with E-state index in [9.17, 15) is 17.6 Å². The van der Waals surface area contributed by atoms with Crippen LogP contribution >= 0.6 is 0 Å². The summed E-state index contributed by atoms with van der Waals surface area (Å²) in [7, 11) is 0. The van der Waals surface area contributed by atoms with Crippen molar-refractivity contribution in [2.45, 2.75) is 26.7 Å². The van der Waals surface area contributed by atoms with Gasteiger partial charge in [-0.05, 0) is 13.0 Å². The fraction of sp³-hybridized carbons (Fsp3) is 0.667. The van der Waals surface area contributed by atoms with Gasteiger partial charge in [0.1, 0.15) is 0 Å². The zero-order chi connectivity index (χ0) is 13.3. The molecule has 0 heterocycles. The quantitative estimate of drug-likeness (QED) is 0.335. The maximum atomic E-state index is 10.8. The zero-order valence-corrected chi connectivity index (χ0v) is 12.5. The van der Waals surface area contributed by atoms with Crippen molar-refractivity contribution >= 4 is 32.8 Å². The Morgan fingerprint density at radius 2 is 1.62 bits per heavy atom. The number of allylic oxidation sites excluding steroid dienone is 1. The summed E-state index contributed by atoms with van der Waals surface area (Å²) in [6.45, 7) is 2.74. The van der Waals surface area contributed by atoms with E-state index in [1.54, 1.807) is 16.6 Å². The first-order chi connectivity index (χ1) is 6.95. The predicted octanol–water partition coefficient (Wildman–Crippen LogP) is 2.75. The van der Waals surface area contributed by atoms with E-state index < -0.39 is 12.5 Å². The summed E-state index contributed by atoms with van der Waals surface area (Å²) < 4.78 is 54.1. The normalized spacial score (nSPS) is 6.44. The molecule has 0 bridgehead atoms. The third-order valence-corrected chi connectivity index (χ3v) is 0.527. The van der Waals surface area contributed by atoms with Crippen LogP contribution in [-0.2, 0) is 28.2 Å². The summed E-state index contributed by atoms with van der Waals surface area (Å²) in [5.41, 5.74) is 0. The Labute approximate surface area is 124 Å². The van der Waals surface area contributed by atoms with Crippen LogP contribution in [0, 0.1) is 0 Å². The van der Waals surface area contributed by atoms with Gasteiger partial charge in [-0.1, -0.05) is 6.92 Å². The van der Waals surface area contributed by atoms with Gasteiger partial charge >= 0.3 is 36.7 Å². The summed E-state index contributed by atoms with van der Waals surface area (Å²) in [5.74, 6) is 0. The molecule has 3 radical (unpaired) electrons. The van der Waals surface area contributed by atoms with E-state index in [2.05, 4.69) is 3.94 Å². The molecule has 0 fully saturated rings. The van der Waals surface area contributed by atoms with Gasteiger partial charge in [0.2, 0.25) is 6.43 Å². The molecule has 10 heteroatoms. The monoisotopic (exact) mass is 369 g/mol. The third-order valence-electron chi connectivity index (χ3n) is 0.527. The fourth-order valence-corrected chi connectivity index (χ4v) is 0. The third kappa shape index (κ3) is 120. The number of alkyl halides is 2. The van der Waals surface area contributed by atoms with Crippen LogP contribution in [0.15, 0.2) is 12.2 Å². The largest absolute Gasteiger partial charge is 0 e. The van der Waals surface area contributed by atoms with Gasteiger partial charge in [-0.2, -0.15) is 8.78 Å². The molecule has 0 aliphatic heterocycles. The van der Waals surface area contributed by atoms with Gasteiger partial charge in [0.05, 0.1) is 0 Å². The van der Waals surface area contributed by atoms with E-state index in [1.807, 2.05) is 0 Å². The number of rotatable bonds is 1. The maximum Gasteiger partial charge on any atom is 0 e. The van der Waals surface area contributed by atoms with Crippen LogP contribution < -0.4 is 0 Å². The average Bonchev–Trinajstić information content (AvgIpc) is 2.22. The summed E-state index contributed by atoms with van der Waals surface area (Å²) in [6, 6.07) is 0. The predicted molar refractivity (Wildman–Crippen MR) is 50.3 cm³/mol. The minimum absolute atomic E-state index is 0. The standard InChI is InChI=1S/C3H6F2.C3H4F2.2Al.H2O2.O.Pd.H2/c2*1-2-3(4)5;;;1-2;;;/h3H,2H2,1H3;2H,1H3;;;1-2H;;;1H/q;;;+1;;;;/p-1. The van der Waals surface area contributed by atoms with Gasteiger partial charge in [-0.3, -0.25) is 5.26 Å². The van der Waals surface area contributed by atoms with Crippen molar-refractivity contribution in [1.29, 1.82) is 0 Å². The van der Waals surface area contributed by atoms with Crippen molar-refractivity contribution in [3.63, 3.8) is 0 Å². The van der Waals surface area contributed by atoms with E-state index in [0.29, 0.717) is 0 Å². The van der Waals surface area contributed by atoms with Gasteiger partial charge in [0, 0.05) is 28.3 Å². The first-order valence-electron chi connectivity index (χ1n) is 3.45. The Balaban J connectivity index is -0.0000000241. The van der Waals surface area contributed by atoms with Gasteiger partial charge in [-0.15, -0.1) is 0 Å².